The fourth-order valence-corrected chi connectivity index (χ4v) is 6.77. The Kier molecular flexibility index (Phi) is 6.52. The lowest BCUT2D eigenvalue weighted by molar-refractivity contribution is -0.303. The molecule has 5 rings (SSSR count). The van der Waals surface area contributed by atoms with E-state index in [-0.39, 0.29) is 5.92 Å². The molecule has 0 spiro atoms. The van der Waals surface area contributed by atoms with Crippen LogP contribution < -0.4 is 0 Å². The molecule has 0 bridgehead atoms. The maximum atomic E-state index is 10.3. The molecule has 2 aliphatic rings. The van der Waals surface area contributed by atoms with Gasteiger partial charge in [0.1, 0.15) is 6.10 Å². The lowest BCUT2D eigenvalue weighted by Crippen LogP contribution is -2.34. The van der Waals surface area contributed by atoms with Crippen LogP contribution in [-0.2, 0) is 4.89 Å². The van der Waals surface area contributed by atoms with Crippen LogP contribution >= 0.6 is 0 Å². The normalized spacial score (nSPS) is 26.0. The summed E-state index contributed by atoms with van der Waals surface area (Å²) in [5.41, 5.74) is 9.59. The lowest BCUT2D eigenvalue weighted by Gasteiger charge is -2.41. The van der Waals surface area contributed by atoms with E-state index in [1.807, 2.05) is 6.07 Å². The van der Waals surface area contributed by atoms with Gasteiger partial charge in [0.2, 0.25) is 0 Å². The minimum atomic E-state index is -0.396. The van der Waals surface area contributed by atoms with Gasteiger partial charge in [-0.05, 0) is 62.0 Å². The number of rotatable bonds is 5. The Hall–Kier alpha value is -2.95. The third kappa shape index (κ3) is 4.30. The largest absolute Gasteiger partial charge is 0.358 e. The van der Waals surface area contributed by atoms with Crippen LogP contribution in [0, 0.1) is 30.6 Å². The number of aromatic amines is 1. The van der Waals surface area contributed by atoms with Crippen LogP contribution in [0.2, 0.25) is 0 Å². The van der Waals surface area contributed by atoms with Gasteiger partial charge in [-0.15, -0.1) is 0 Å². The van der Waals surface area contributed by atoms with E-state index in [1.54, 1.807) is 0 Å². The number of hydrogen-bond acceptors (Lipinski definition) is 3. The third-order valence-corrected chi connectivity index (χ3v) is 8.10. The second-order valence-electron chi connectivity index (χ2n) is 10.7. The number of fused-ring (bicyclic) bond motifs is 1. The zero-order valence-electron chi connectivity index (χ0n) is 21.4. The Morgan fingerprint density at radius 2 is 1.57 bits per heavy atom. The van der Waals surface area contributed by atoms with Crippen molar-refractivity contribution in [3.8, 4) is 11.1 Å². The Morgan fingerprint density at radius 1 is 0.943 bits per heavy atom. The summed E-state index contributed by atoms with van der Waals surface area (Å²) < 4.78 is 0. The number of nitrogens with one attached hydrogen (secondary N) is 1. The van der Waals surface area contributed by atoms with Crippen LogP contribution in [0.5, 0.6) is 0 Å². The van der Waals surface area contributed by atoms with Crippen LogP contribution in [0.4, 0.5) is 0 Å². The van der Waals surface area contributed by atoms with Crippen LogP contribution in [0.3, 0.4) is 0 Å². The van der Waals surface area contributed by atoms with Gasteiger partial charge in [-0.2, -0.15) is 0 Å². The first kappa shape index (κ1) is 23.8. The fourth-order valence-electron chi connectivity index (χ4n) is 6.77. The summed E-state index contributed by atoms with van der Waals surface area (Å²) in [6.07, 6.45) is 4.06. The van der Waals surface area contributed by atoms with Gasteiger partial charge in [0, 0.05) is 39.4 Å². The molecule has 2 aromatic carbocycles. The quantitative estimate of drug-likeness (QED) is 0.293. The summed E-state index contributed by atoms with van der Waals surface area (Å²) in [4.78, 5) is 13.9. The number of aryl methyl sites for hydroxylation is 1. The molecule has 2 heterocycles. The highest BCUT2D eigenvalue weighted by Crippen LogP contribution is 2.49. The van der Waals surface area contributed by atoms with Crippen molar-refractivity contribution in [3.05, 3.63) is 82.7 Å². The van der Waals surface area contributed by atoms with Gasteiger partial charge in [0.25, 0.3) is 0 Å². The number of aliphatic imine (C=N–C) groups is 1. The van der Waals surface area contributed by atoms with E-state index >= 15 is 0 Å². The SMILES string of the molecule is CC1=N/C(=C\c2[nH]c(C)c(C(OO)C3C(C)CC(C)CC3C)c2-c2ccccc2)c2ccccc21. The lowest BCUT2D eigenvalue weighted by atomic mass is 9.66. The summed E-state index contributed by atoms with van der Waals surface area (Å²) in [5.74, 6) is 1.85. The van der Waals surface area contributed by atoms with Crippen molar-refractivity contribution >= 4 is 17.5 Å². The molecule has 1 aliphatic carbocycles. The molecule has 1 saturated carbocycles. The predicted molar refractivity (Wildman–Crippen MR) is 144 cm³/mol. The van der Waals surface area contributed by atoms with Gasteiger partial charge >= 0.3 is 0 Å². The van der Waals surface area contributed by atoms with Crippen molar-refractivity contribution in [2.45, 2.75) is 53.6 Å². The Labute approximate surface area is 208 Å². The van der Waals surface area contributed by atoms with Crippen molar-refractivity contribution in [2.75, 3.05) is 0 Å². The minimum Gasteiger partial charge on any atom is -0.358 e. The summed E-state index contributed by atoms with van der Waals surface area (Å²) in [7, 11) is 0. The monoisotopic (exact) mass is 468 g/mol. The highest BCUT2D eigenvalue weighted by Gasteiger charge is 2.41. The molecule has 1 aromatic heterocycles. The van der Waals surface area contributed by atoms with E-state index in [0.717, 1.165) is 57.9 Å². The summed E-state index contributed by atoms with van der Waals surface area (Å²) in [6, 6.07) is 18.8. The molecule has 3 unspecified atom stereocenters. The van der Waals surface area contributed by atoms with E-state index in [0.29, 0.717) is 17.8 Å². The predicted octanol–water partition coefficient (Wildman–Crippen LogP) is 8.16. The van der Waals surface area contributed by atoms with Gasteiger partial charge in [0.05, 0.1) is 5.70 Å². The molecule has 182 valence electrons. The maximum Gasteiger partial charge on any atom is 0.123 e. The van der Waals surface area contributed by atoms with Crippen molar-refractivity contribution in [1.29, 1.82) is 0 Å². The number of benzene rings is 2. The summed E-state index contributed by atoms with van der Waals surface area (Å²) in [5, 5.41) is 10.3. The molecule has 35 heavy (non-hydrogen) atoms. The molecule has 0 saturated heterocycles. The summed E-state index contributed by atoms with van der Waals surface area (Å²) in [6.45, 7) is 11.1. The smallest absolute Gasteiger partial charge is 0.123 e. The molecule has 4 heteroatoms. The van der Waals surface area contributed by atoms with Gasteiger partial charge < -0.3 is 4.98 Å². The maximum absolute atomic E-state index is 10.3. The zero-order valence-corrected chi connectivity index (χ0v) is 21.4. The average molecular weight is 469 g/mol. The molecule has 0 amide bonds. The van der Waals surface area contributed by atoms with E-state index in [4.69, 9.17) is 9.88 Å². The number of aromatic nitrogens is 1. The number of nitrogens with zero attached hydrogens (tertiary/aromatic N) is 1. The Bertz CT molecular complexity index is 1260. The Balaban J connectivity index is 1.68. The molecule has 4 nitrogen and oxygen atoms in total. The molecular formula is C31H36N2O2. The Morgan fingerprint density at radius 3 is 2.23 bits per heavy atom. The fraction of sp³-hybridized carbons (Fsp3) is 0.387. The van der Waals surface area contributed by atoms with Crippen molar-refractivity contribution in [3.63, 3.8) is 0 Å². The van der Waals surface area contributed by atoms with Crippen molar-refractivity contribution in [1.82, 2.24) is 4.98 Å². The zero-order chi connectivity index (χ0) is 24.7. The molecule has 2 N–H and O–H groups in total. The first-order chi connectivity index (χ1) is 16.9. The molecule has 3 aromatic rings. The minimum absolute atomic E-state index is 0.237. The van der Waals surface area contributed by atoms with E-state index in [2.05, 4.69) is 94.2 Å². The van der Waals surface area contributed by atoms with E-state index in [1.165, 1.54) is 5.56 Å². The second kappa shape index (κ2) is 9.60. The standard InChI is InChI=1S/C31H36N2O2/c1-18-15-19(2)28(20(3)16-18)31(35-34)29-22(5)33-27(30(29)23-11-7-6-8-12-23)17-26-25-14-10-9-13-24(25)21(4)32-26/h6-14,17-20,28,31,33-34H,15-16H2,1-5H3/b26-17-. The highest BCUT2D eigenvalue weighted by atomic mass is 17.1. The second-order valence-corrected chi connectivity index (χ2v) is 10.7. The summed E-state index contributed by atoms with van der Waals surface area (Å²) >= 11 is 0. The van der Waals surface area contributed by atoms with E-state index < -0.39 is 6.10 Å². The number of H-pyrrole nitrogens is 1. The molecular weight excluding hydrogens is 432 g/mol. The average Bonchev–Trinajstić information content (AvgIpc) is 3.33. The van der Waals surface area contributed by atoms with Crippen molar-refractivity contribution < 1.29 is 10.1 Å². The first-order valence-corrected chi connectivity index (χ1v) is 12.8. The topological polar surface area (TPSA) is 57.6 Å². The third-order valence-electron chi connectivity index (χ3n) is 8.10. The molecule has 0 radical (unpaired) electrons. The van der Waals surface area contributed by atoms with Crippen LogP contribution in [0.25, 0.3) is 22.9 Å². The van der Waals surface area contributed by atoms with E-state index in [9.17, 15) is 5.26 Å². The van der Waals surface area contributed by atoms with Gasteiger partial charge in [-0.1, -0.05) is 75.4 Å². The van der Waals surface area contributed by atoms with Crippen LogP contribution in [0.1, 0.15) is 74.7 Å². The van der Waals surface area contributed by atoms with Crippen LogP contribution in [-0.4, -0.2) is 16.0 Å². The molecule has 3 atom stereocenters. The van der Waals surface area contributed by atoms with Gasteiger partial charge in [-0.25, -0.2) is 4.89 Å². The molecule has 1 fully saturated rings. The van der Waals surface area contributed by atoms with Crippen molar-refractivity contribution in [2.24, 2.45) is 28.7 Å². The first-order valence-electron chi connectivity index (χ1n) is 12.8. The highest BCUT2D eigenvalue weighted by molar-refractivity contribution is 6.12. The van der Waals surface area contributed by atoms with Gasteiger partial charge in [-0.3, -0.25) is 10.2 Å². The van der Waals surface area contributed by atoms with Gasteiger partial charge in [0.15, 0.2) is 0 Å². The van der Waals surface area contributed by atoms with Crippen LogP contribution in [0.15, 0.2) is 59.6 Å². The molecule has 1 aliphatic heterocycles. The number of hydrogen-bond donors (Lipinski definition) is 2.